The number of benzene rings is 2. The summed E-state index contributed by atoms with van der Waals surface area (Å²) in [6, 6.07) is 17.8. The van der Waals surface area contributed by atoms with E-state index in [1.54, 1.807) is 0 Å². The first-order chi connectivity index (χ1) is 9.95. The van der Waals surface area contributed by atoms with Crippen LogP contribution in [0.2, 0.25) is 0 Å². The lowest BCUT2D eigenvalue weighted by molar-refractivity contribution is 0.589. The molecule has 1 heteroatoms. The summed E-state index contributed by atoms with van der Waals surface area (Å²) in [5, 5.41) is 3.52. The van der Waals surface area contributed by atoms with Gasteiger partial charge >= 0.3 is 0 Å². The summed E-state index contributed by atoms with van der Waals surface area (Å²) in [7, 11) is 0. The molecule has 112 valence electrons. The summed E-state index contributed by atoms with van der Waals surface area (Å²) in [6.07, 6.45) is 1.08. The smallest absolute Gasteiger partial charge is 0.0205 e. The second-order valence-electron chi connectivity index (χ2n) is 6.86. The van der Waals surface area contributed by atoms with Crippen LogP contribution in [0.3, 0.4) is 0 Å². The van der Waals surface area contributed by atoms with Gasteiger partial charge in [-0.1, -0.05) is 74.9 Å². The van der Waals surface area contributed by atoms with Crippen molar-refractivity contribution in [3.8, 4) is 0 Å². The van der Waals surface area contributed by atoms with Crippen molar-refractivity contribution in [2.24, 2.45) is 0 Å². The minimum atomic E-state index is 0.234. The minimum Gasteiger partial charge on any atom is -0.312 e. The lowest BCUT2D eigenvalue weighted by atomic mass is 9.87. The molecule has 2 rings (SSSR count). The molecule has 0 aliphatic rings. The zero-order chi connectivity index (χ0) is 15.3. The van der Waals surface area contributed by atoms with Gasteiger partial charge in [0.05, 0.1) is 0 Å². The number of hydrogen-bond acceptors (Lipinski definition) is 1. The fourth-order valence-corrected chi connectivity index (χ4v) is 2.34. The van der Waals surface area contributed by atoms with Crippen LogP contribution >= 0.6 is 0 Å². The molecule has 0 spiro atoms. The van der Waals surface area contributed by atoms with Gasteiger partial charge < -0.3 is 5.32 Å². The summed E-state index contributed by atoms with van der Waals surface area (Å²) >= 11 is 0. The summed E-state index contributed by atoms with van der Waals surface area (Å²) in [4.78, 5) is 0. The minimum absolute atomic E-state index is 0.234. The van der Waals surface area contributed by atoms with Crippen molar-refractivity contribution in [2.45, 2.75) is 46.1 Å². The molecule has 0 fully saturated rings. The summed E-state index contributed by atoms with van der Waals surface area (Å²) in [6.45, 7) is 10.8. The van der Waals surface area contributed by atoms with Crippen LogP contribution in [0.1, 0.15) is 43.0 Å². The van der Waals surface area contributed by atoms with Gasteiger partial charge in [0.25, 0.3) is 0 Å². The second-order valence-corrected chi connectivity index (χ2v) is 6.86. The predicted molar refractivity (Wildman–Crippen MR) is 91.7 cm³/mol. The highest BCUT2D eigenvalue weighted by Gasteiger charge is 2.12. The Labute approximate surface area is 129 Å². The third-order valence-electron chi connectivity index (χ3n) is 3.86. The number of hydrogen-bond donors (Lipinski definition) is 1. The Morgan fingerprint density at radius 3 is 1.95 bits per heavy atom. The van der Waals surface area contributed by atoms with Crippen molar-refractivity contribution in [1.82, 2.24) is 5.32 Å². The number of nitrogens with one attached hydrogen (secondary N) is 1. The molecule has 21 heavy (non-hydrogen) atoms. The average Bonchev–Trinajstić information content (AvgIpc) is 2.45. The lowest BCUT2D eigenvalue weighted by Crippen LogP contribution is -2.17. The molecule has 2 aromatic carbocycles. The van der Waals surface area contributed by atoms with Gasteiger partial charge in [0.2, 0.25) is 0 Å². The average molecular weight is 281 g/mol. The maximum absolute atomic E-state index is 3.52. The van der Waals surface area contributed by atoms with Gasteiger partial charge in [-0.05, 0) is 42.0 Å². The van der Waals surface area contributed by atoms with Crippen LogP contribution in [-0.4, -0.2) is 6.54 Å². The maximum atomic E-state index is 3.52. The normalized spacial score (nSPS) is 11.6. The molecule has 0 saturated carbocycles. The standard InChI is InChI=1S/C20H27N/c1-16-5-7-17(8-6-16)13-14-21-15-18-9-11-19(12-10-18)20(2,3)4/h5-12,21H,13-15H2,1-4H3. The molecular formula is C20H27N. The van der Waals surface area contributed by atoms with Crippen molar-refractivity contribution in [3.05, 3.63) is 70.8 Å². The van der Waals surface area contributed by atoms with E-state index in [1.807, 2.05) is 0 Å². The molecule has 0 saturated heterocycles. The van der Waals surface area contributed by atoms with Gasteiger partial charge in [-0.25, -0.2) is 0 Å². The molecule has 0 amide bonds. The SMILES string of the molecule is Cc1ccc(CCNCc2ccc(C(C)(C)C)cc2)cc1. The third-order valence-corrected chi connectivity index (χ3v) is 3.86. The van der Waals surface area contributed by atoms with Crippen molar-refractivity contribution in [3.63, 3.8) is 0 Å². The molecule has 1 nitrogen and oxygen atoms in total. The summed E-state index contributed by atoms with van der Waals surface area (Å²) in [5.41, 5.74) is 5.71. The molecule has 0 atom stereocenters. The Kier molecular flexibility index (Phi) is 5.19. The van der Waals surface area contributed by atoms with Crippen LogP contribution < -0.4 is 5.32 Å². The van der Waals surface area contributed by atoms with Gasteiger partial charge in [-0.2, -0.15) is 0 Å². The fraction of sp³-hybridized carbons (Fsp3) is 0.400. The van der Waals surface area contributed by atoms with Crippen LogP contribution in [0, 0.1) is 6.92 Å². The van der Waals surface area contributed by atoms with Gasteiger partial charge in [0.15, 0.2) is 0 Å². The molecule has 0 aliphatic heterocycles. The van der Waals surface area contributed by atoms with Gasteiger partial charge in [-0.15, -0.1) is 0 Å². The molecule has 0 aliphatic carbocycles. The first-order valence-electron chi connectivity index (χ1n) is 7.81. The Morgan fingerprint density at radius 1 is 0.810 bits per heavy atom. The Hall–Kier alpha value is -1.60. The van der Waals surface area contributed by atoms with Crippen LogP contribution in [0.25, 0.3) is 0 Å². The first kappa shape index (κ1) is 15.8. The molecule has 0 unspecified atom stereocenters. The number of rotatable bonds is 5. The van der Waals surface area contributed by atoms with Crippen LogP contribution in [0.15, 0.2) is 48.5 Å². The zero-order valence-corrected chi connectivity index (χ0v) is 13.7. The van der Waals surface area contributed by atoms with E-state index in [4.69, 9.17) is 0 Å². The van der Waals surface area contributed by atoms with Crippen molar-refractivity contribution in [2.75, 3.05) is 6.54 Å². The molecule has 0 radical (unpaired) electrons. The predicted octanol–water partition coefficient (Wildman–Crippen LogP) is 4.62. The van der Waals surface area contributed by atoms with Crippen molar-refractivity contribution >= 4 is 0 Å². The third kappa shape index (κ3) is 5.02. The van der Waals surface area contributed by atoms with Crippen LogP contribution in [0.5, 0.6) is 0 Å². The molecule has 0 heterocycles. The highest BCUT2D eigenvalue weighted by atomic mass is 14.8. The zero-order valence-electron chi connectivity index (χ0n) is 13.7. The highest BCUT2D eigenvalue weighted by molar-refractivity contribution is 5.27. The lowest BCUT2D eigenvalue weighted by Gasteiger charge is -2.19. The van der Waals surface area contributed by atoms with Crippen LogP contribution in [-0.2, 0) is 18.4 Å². The Balaban J connectivity index is 1.77. The quantitative estimate of drug-likeness (QED) is 0.788. The van der Waals surface area contributed by atoms with Gasteiger partial charge in [-0.3, -0.25) is 0 Å². The van der Waals surface area contributed by atoms with Crippen molar-refractivity contribution in [1.29, 1.82) is 0 Å². The highest BCUT2D eigenvalue weighted by Crippen LogP contribution is 2.22. The summed E-state index contributed by atoms with van der Waals surface area (Å²) < 4.78 is 0. The summed E-state index contributed by atoms with van der Waals surface area (Å²) in [5.74, 6) is 0. The number of aryl methyl sites for hydroxylation is 1. The van der Waals surface area contributed by atoms with Gasteiger partial charge in [0, 0.05) is 6.54 Å². The van der Waals surface area contributed by atoms with E-state index in [2.05, 4.69) is 81.5 Å². The van der Waals surface area contributed by atoms with E-state index in [0.29, 0.717) is 0 Å². The fourth-order valence-electron chi connectivity index (χ4n) is 2.34. The largest absolute Gasteiger partial charge is 0.312 e. The van der Waals surface area contributed by atoms with Gasteiger partial charge in [0.1, 0.15) is 0 Å². The van der Waals surface area contributed by atoms with E-state index in [9.17, 15) is 0 Å². The van der Waals surface area contributed by atoms with E-state index in [-0.39, 0.29) is 5.41 Å². The molecule has 1 N–H and O–H groups in total. The molecule has 0 aromatic heterocycles. The first-order valence-corrected chi connectivity index (χ1v) is 7.81. The Morgan fingerprint density at radius 2 is 1.38 bits per heavy atom. The van der Waals surface area contributed by atoms with E-state index in [1.165, 1.54) is 22.3 Å². The van der Waals surface area contributed by atoms with Crippen molar-refractivity contribution < 1.29 is 0 Å². The van der Waals surface area contributed by atoms with E-state index < -0.39 is 0 Å². The molecular weight excluding hydrogens is 254 g/mol. The second kappa shape index (κ2) is 6.91. The van der Waals surface area contributed by atoms with E-state index in [0.717, 1.165) is 19.5 Å². The maximum Gasteiger partial charge on any atom is 0.0205 e. The monoisotopic (exact) mass is 281 g/mol. The molecule has 2 aromatic rings. The van der Waals surface area contributed by atoms with Crippen LogP contribution in [0.4, 0.5) is 0 Å². The molecule has 0 bridgehead atoms. The topological polar surface area (TPSA) is 12.0 Å². The Bertz CT molecular complexity index is 544. The van der Waals surface area contributed by atoms with E-state index >= 15 is 0 Å².